The number of pyridine rings is 1. The molecule has 1 aliphatic heterocycles. The van der Waals surface area contributed by atoms with Crippen LogP contribution < -0.4 is 0 Å². The van der Waals surface area contributed by atoms with Gasteiger partial charge in [0.15, 0.2) is 8.32 Å². The highest BCUT2D eigenvalue weighted by Gasteiger charge is 2.39. The highest BCUT2D eigenvalue weighted by atomic mass is 28.4. The summed E-state index contributed by atoms with van der Waals surface area (Å²) >= 11 is 0. The Balaban J connectivity index is 1.44. The minimum absolute atomic E-state index is 0.0715. The van der Waals surface area contributed by atoms with E-state index in [0.717, 1.165) is 36.0 Å². The number of amides is 1. The molecule has 2 aromatic heterocycles. The number of carbonyl (C=O) groups is 1. The van der Waals surface area contributed by atoms with E-state index in [2.05, 4.69) is 49.5 Å². The molecule has 7 heteroatoms. The molecule has 1 saturated heterocycles. The minimum Gasteiger partial charge on any atom is -0.414 e. The standard InChI is InChI=1S/C25H39N3O3Si/c1-25(2,3)32(4,5)31-20-10-8-19(9-11-20)17-28-18-21(23-22(28)7-6-12-26-23)24(29)27-13-15-30-16-14-27/h6-7,12,18-20H,8-11,13-17H2,1-5H3. The number of fused-ring (bicyclic) bond motifs is 1. The van der Waals surface area contributed by atoms with E-state index in [0.29, 0.717) is 38.3 Å². The Morgan fingerprint density at radius 3 is 2.53 bits per heavy atom. The molecule has 0 N–H and O–H groups in total. The van der Waals surface area contributed by atoms with Gasteiger partial charge >= 0.3 is 0 Å². The summed E-state index contributed by atoms with van der Waals surface area (Å²) < 4.78 is 14.3. The fourth-order valence-electron chi connectivity index (χ4n) is 4.67. The van der Waals surface area contributed by atoms with Crippen molar-refractivity contribution in [3.05, 3.63) is 30.1 Å². The van der Waals surface area contributed by atoms with Crippen LogP contribution in [0.15, 0.2) is 24.5 Å². The average Bonchev–Trinajstić information content (AvgIpc) is 3.13. The Kier molecular flexibility index (Phi) is 6.80. The van der Waals surface area contributed by atoms with Gasteiger partial charge in [-0.1, -0.05) is 20.8 Å². The molecule has 32 heavy (non-hydrogen) atoms. The molecule has 0 unspecified atom stereocenters. The summed E-state index contributed by atoms with van der Waals surface area (Å²) in [5.41, 5.74) is 2.60. The van der Waals surface area contributed by atoms with Crippen LogP contribution in [0.4, 0.5) is 0 Å². The zero-order valence-corrected chi connectivity index (χ0v) is 21.4. The van der Waals surface area contributed by atoms with E-state index in [9.17, 15) is 4.79 Å². The quantitative estimate of drug-likeness (QED) is 0.587. The summed E-state index contributed by atoms with van der Waals surface area (Å²) in [5.74, 6) is 0.679. The monoisotopic (exact) mass is 457 g/mol. The van der Waals surface area contributed by atoms with E-state index in [1.165, 1.54) is 12.8 Å². The first-order valence-electron chi connectivity index (χ1n) is 12.1. The second-order valence-electron chi connectivity index (χ2n) is 11.0. The van der Waals surface area contributed by atoms with Crippen LogP contribution in [-0.2, 0) is 15.7 Å². The minimum atomic E-state index is -1.72. The molecule has 2 aliphatic rings. The van der Waals surface area contributed by atoms with Crippen molar-refractivity contribution in [2.75, 3.05) is 26.3 Å². The van der Waals surface area contributed by atoms with Gasteiger partial charge in [0, 0.05) is 38.1 Å². The number of aromatic nitrogens is 2. The van der Waals surface area contributed by atoms with Gasteiger partial charge in [0.1, 0.15) is 5.52 Å². The van der Waals surface area contributed by atoms with Crippen LogP contribution in [0.5, 0.6) is 0 Å². The Morgan fingerprint density at radius 1 is 1.19 bits per heavy atom. The molecule has 0 bridgehead atoms. The van der Waals surface area contributed by atoms with Crippen LogP contribution in [0, 0.1) is 5.92 Å². The van der Waals surface area contributed by atoms with E-state index in [-0.39, 0.29) is 10.9 Å². The van der Waals surface area contributed by atoms with Gasteiger partial charge in [0.2, 0.25) is 0 Å². The predicted octanol–water partition coefficient (Wildman–Crippen LogP) is 5.09. The van der Waals surface area contributed by atoms with Gasteiger partial charge in [-0.25, -0.2) is 0 Å². The smallest absolute Gasteiger partial charge is 0.257 e. The molecule has 3 heterocycles. The highest BCUT2D eigenvalue weighted by molar-refractivity contribution is 6.74. The third-order valence-electron chi connectivity index (χ3n) is 7.68. The molecule has 0 aromatic carbocycles. The van der Waals surface area contributed by atoms with Crippen LogP contribution in [0.25, 0.3) is 11.0 Å². The molecule has 1 aliphatic carbocycles. The van der Waals surface area contributed by atoms with Crippen LogP contribution in [0.1, 0.15) is 56.8 Å². The maximum atomic E-state index is 13.2. The van der Waals surface area contributed by atoms with Crippen molar-refractivity contribution in [3.8, 4) is 0 Å². The number of nitrogens with zero attached hydrogens (tertiary/aromatic N) is 3. The van der Waals surface area contributed by atoms with Crippen LogP contribution >= 0.6 is 0 Å². The van der Waals surface area contributed by atoms with E-state index in [1.54, 1.807) is 6.20 Å². The third kappa shape index (κ3) is 4.95. The van der Waals surface area contributed by atoms with Crippen molar-refractivity contribution in [3.63, 3.8) is 0 Å². The van der Waals surface area contributed by atoms with Crippen LogP contribution in [0.3, 0.4) is 0 Å². The molecule has 0 atom stereocenters. The van der Waals surface area contributed by atoms with Crippen molar-refractivity contribution >= 4 is 25.3 Å². The van der Waals surface area contributed by atoms with E-state index >= 15 is 0 Å². The molecule has 0 radical (unpaired) electrons. The molecular weight excluding hydrogens is 418 g/mol. The topological polar surface area (TPSA) is 56.6 Å². The average molecular weight is 458 g/mol. The van der Waals surface area contributed by atoms with Gasteiger partial charge in [-0.2, -0.15) is 0 Å². The Labute approximate surface area is 193 Å². The zero-order chi connectivity index (χ0) is 22.9. The lowest BCUT2D eigenvalue weighted by molar-refractivity contribution is 0.0304. The number of hydrogen-bond acceptors (Lipinski definition) is 4. The van der Waals surface area contributed by atoms with Crippen molar-refractivity contribution in [2.24, 2.45) is 5.92 Å². The molecule has 2 fully saturated rings. The molecule has 4 rings (SSSR count). The molecule has 176 valence electrons. The fraction of sp³-hybridized carbons (Fsp3) is 0.680. The van der Waals surface area contributed by atoms with Crippen LogP contribution in [-0.4, -0.2) is 61.1 Å². The largest absolute Gasteiger partial charge is 0.414 e. The summed E-state index contributed by atoms with van der Waals surface area (Å²) in [6.07, 6.45) is 8.83. The van der Waals surface area contributed by atoms with Crippen molar-refractivity contribution < 1.29 is 14.0 Å². The number of morpholine rings is 1. The van der Waals surface area contributed by atoms with Gasteiger partial charge < -0.3 is 18.6 Å². The lowest BCUT2D eigenvalue weighted by Gasteiger charge is -2.41. The first-order chi connectivity index (χ1) is 15.2. The molecule has 1 saturated carbocycles. The van der Waals surface area contributed by atoms with Crippen LogP contribution in [0.2, 0.25) is 18.1 Å². The second kappa shape index (κ2) is 9.27. The molecule has 0 spiro atoms. The number of rotatable bonds is 5. The Morgan fingerprint density at radius 2 is 1.88 bits per heavy atom. The van der Waals surface area contributed by atoms with Gasteiger partial charge in [-0.3, -0.25) is 9.78 Å². The molecule has 1 amide bonds. The molecule has 2 aromatic rings. The summed E-state index contributed by atoms with van der Waals surface area (Å²) in [4.78, 5) is 19.6. The van der Waals surface area contributed by atoms with E-state index in [4.69, 9.17) is 9.16 Å². The highest BCUT2D eigenvalue weighted by Crippen LogP contribution is 2.40. The zero-order valence-electron chi connectivity index (χ0n) is 20.4. The van der Waals surface area contributed by atoms with Crippen molar-refractivity contribution in [1.82, 2.24) is 14.5 Å². The fourth-order valence-corrected chi connectivity index (χ4v) is 6.09. The SMILES string of the molecule is CC(C)(C)[Si](C)(C)OC1CCC(Cn2cc(C(=O)N3CCOCC3)c3ncccc32)CC1. The van der Waals surface area contributed by atoms with Crippen molar-refractivity contribution in [1.29, 1.82) is 0 Å². The summed E-state index contributed by atoms with van der Waals surface area (Å²) in [6, 6.07) is 4.05. The maximum absolute atomic E-state index is 13.2. The first-order valence-corrected chi connectivity index (χ1v) is 15.1. The Hall–Kier alpha value is -1.70. The Bertz CT molecular complexity index is 936. The predicted molar refractivity (Wildman–Crippen MR) is 130 cm³/mol. The number of carbonyl (C=O) groups excluding carboxylic acids is 1. The van der Waals surface area contributed by atoms with Gasteiger partial charge in [-0.15, -0.1) is 0 Å². The second-order valence-corrected chi connectivity index (χ2v) is 15.7. The normalized spacial score (nSPS) is 23.0. The van der Waals surface area contributed by atoms with E-state index < -0.39 is 8.32 Å². The van der Waals surface area contributed by atoms with Crippen molar-refractivity contribution in [2.45, 2.75) is 77.2 Å². The number of ether oxygens (including phenoxy) is 1. The maximum Gasteiger partial charge on any atom is 0.257 e. The van der Waals surface area contributed by atoms with E-state index in [1.807, 2.05) is 17.2 Å². The van der Waals surface area contributed by atoms with Gasteiger partial charge in [-0.05, 0) is 61.9 Å². The molecule has 6 nitrogen and oxygen atoms in total. The van der Waals surface area contributed by atoms with Gasteiger partial charge in [0.05, 0.1) is 24.3 Å². The summed E-state index contributed by atoms with van der Waals surface area (Å²) in [7, 11) is -1.72. The lowest BCUT2D eigenvalue weighted by Crippen LogP contribution is -2.44. The van der Waals surface area contributed by atoms with Gasteiger partial charge in [0.25, 0.3) is 5.91 Å². The first kappa shape index (κ1) is 23.5. The third-order valence-corrected chi connectivity index (χ3v) is 12.2. The summed E-state index contributed by atoms with van der Waals surface area (Å²) in [5, 5.41) is 0.254. The summed E-state index contributed by atoms with van der Waals surface area (Å²) in [6.45, 7) is 15.1. The molecular formula is C25H39N3O3Si. The number of hydrogen-bond donors (Lipinski definition) is 0. The lowest BCUT2D eigenvalue weighted by atomic mass is 9.87.